The first kappa shape index (κ1) is 9.72. The highest BCUT2D eigenvalue weighted by atomic mass is 15.2. The van der Waals surface area contributed by atoms with Crippen LogP contribution < -0.4 is 0 Å². The molecule has 1 aliphatic heterocycles. The van der Waals surface area contributed by atoms with Gasteiger partial charge in [-0.3, -0.25) is 0 Å². The molecule has 0 spiro atoms. The second kappa shape index (κ2) is 3.39. The number of hydrogen-bond donors (Lipinski definition) is 0. The molecule has 0 N–H and O–H groups in total. The molecule has 14 heavy (non-hydrogen) atoms. The molecule has 0 saturated carbocycles. The minimum atomic E-state index is 0.362. The van der Waals surface area contributed by atoms with Gasteiger partial charge in [-0.05, 0) is 38.8 Å². The maximum Gasteiger partial charge on any atom is 0.0156 e. The molecule has 1 aromatic carbocycles. The minimum absolute atomic E-state index is 0.362. The molecule has 1 nitrogen and oxygen atoms in total. The van der Waals surface area contributed by atoms with Gasteiger partial charge in [0.2, 0.25) is 0 Å². The first-order valence-corrected chi connectivity index (χ1v) is 5.36. The maximum absolute atomic E-state index is 2.46. The molecule has 2 rings (SSSR count). The van der Waals surface area contributed by atoms with Crippen molar-refractivity contribution in [1.82, 2.24) is 4.90 Å². The van der Waals surface area contributed by atoms with E-state index in [9.17, 15) is 0 Å². The number of nitrogens with zero attached hydrogens (tertiary/aromatic N) is 1. The molecule has 1 atom stereocenters. The van der Waals surface area contributed by atoms with Crippen molar-refractivity contribution in [2.24, 2.45) is 0 Å². The maximum atomic E-state index is 2.46. The molecule has 1 heterocycles. The predicted molar refractivity (Wildman–Crippen MR) is 60.5 cm³/mol. The average Bonchev–Trinajstić information content (AvgIpc) is 2.43. The quantitative estimate of drug-likeness (QED) is 0.656. The van der Waals surface area contributed by atoms with Gasteiger partial charge < -0.3 is 4.90 Å². The molecule has 76 valence electrons. The highest BCUT2D eigenvalue weighted by molar-refractivity contribution is 5.22. The van der Waals surface area contributed by atoms with Crippen LogP contribution >= 0.6 is 0 Å². The lowest BCUT2D eigenvalue weighted by Crippen LogP contribution is -2.34. The number of likely N-dealkylation sites (tertiary alicyclic amines) is 1. The van der Waals surface area contributed by atoms with E-state index in [0.717, 1.165) is 5.92 Å². The van der Waals surface area contributed by atoms with Crippen molar-refractivity contribution in [2.45, 2.75) is 31.7 Å². The molecule has 0 radical (unpaired) electrons. The van der Waals surface area contributed by atoms with Crippen molar-refractivity contribution in [3.05, 3.63) is 35.9 Å². The lowest BCUT2D eigenvalue weighted by Gasteiger charge is -2.26. The number of hydrogen-bond acceptors (Lipinski definition) is 1. The van der Waals surface area contributed by atoms with Crippen molar-refractivity contribution < 1.29 is 0 Å². The van der Waals surface area contributed by atoms with Crippen LogP contribution in [0.4, 0.5) is 0 Å². The van der Waals surface area contributed by atoms with Crippen LogP contribution in [0.15, 0.2) is 30.3 Å². The molecule has 1 unspecified atom stereocenters. The number of benzene rings is 1. The van der Waals surface area contributed by atoms with Gasteiger partial charge >= 0.3 is 0 Å². The summed E-state index contributed by atoms with van der Waals surface area (Å²) in [5, 5.41) is 0. The van der Waals surface area contributed by atoms with Gasteiger partial charge in [0.1, 0.15) is 0 Å². The van der Waals surface area contributed by atoms with Crippen molar-refractivity contribution >= 4 is 0 Å². The molecule has 0 aromatic heterocycles. The zero-order valence-corrected chi connectivity index (χ0v) is 9.33. The molecule has 0 aliphatic carbocycles. The van der Waals surface area contributed by atoms with Crippen LogP contribution in [0.2, 0.25) is 0 Å². The van der Waals surface area contributed by atoms with Gasteiger partial charge in [-0.15, -0.1) is 0 Å². The predicted octanol–water partition coefficient (Wildman–Crippen LogP) is 2.88. The Kier molecular flexibility index (Phi) is 2.36. The average molecular weight is 189 g/mol. The largest absolute Gasteiger partial charge is 0.301 e. The van der Waals surface area contributed by atoms with E-state index >= 15 is 0 Å². The van der Waals surface area contributed by atoms with Crippen LogP contribution in [0.1, 0.15) is 31.7 Å². The van der Waals surface area contributed by atoms with E-state index in [-0.39, 0.29) is 0 Å². The molecule has 1 aliphatic rings. The minimum Gasteiger partial charge on any atom is -0.301 e. The molecular formula is C13H19N. The monoisotopic (exact) mass is 189 g/mol. The van der Waals surface area contributed by atoms with E-state index in [0.29, 0.717) is 5.54 Å². The third-order valence-corrected chi connectivity index (χ3v) is 3.54. The zero-order chi connectivity index (χ0) is 10.2. The summed E-state index contributed by atoms with van der Waals surface area (Å²) < 4.78 is 0. The van der Waals surface area contributed by atoms with Crippen LogP contribution in [-0.4, -0.2) is 24.0 Å². The van der Waals surface area contributed by atoms with E-state index < -0.39 is 0 Å². The van der Waals surface area contributed by atoms with E-state index in [4.69, 9.17) is 0 Å². The first-order chi connectivity index (χ1) is 6.59. The number of rotatable bonds is 1. The summed E-state index contributed by atoms with van der Waals surface area (Å²) in [6, 6.07) is 10.9. The summed E-state index contributed by atoms with van der Waals surface area (Å²) in [5.74, 6) is 0.719. The van der Waals surface area contributed by atoms with Crippen LogP contribution in [0, 0.1) is 0 Å². The lowest BCUT2D eigenvalue weighted by molar-refractivity contribution is 0.218. The van der Waals surface area contributed by atoms with E-state index in [1.807, 2.05) is 0 Å². The summed E-state index contributed by atoms with van der Waals surface area (Å²) >= 11 is 0. The summed E-state index contributed by atoms with van der Waals surface area (Å²) in [6.45, 7) is 5.85. The zero-order valence-electron chi connectivity index (χ0n) is 9.33. The fraction of sp³-hybridized carbons (Fsp3) is 0.538. The molecule has 1 saturated heterocycles. The van der Waals surface area contributed by atoms with E-state index in [1.165, 1.54) is 18.5 Å². The molecule has 1 aromatic rings. The fourth-order valence-corrected chi connectivity index (χ4v) is 2.35. The summed E-state index contributed by atoms with van der Waals surface area (Å²) in [5.41, 5.74) is 1.85. The van der Waals surface area contributed by atoms with Gasteiger partial charge in [-0.25, -0.2) is 0 Å². The van der Waals surface area contributed by atoms with Crippen molar-refractivity contribution in [3.63, 3.8) is 0 Å². The standard InChI is InChI=1S/C13H19N/c1-13(2)9-12(10-14(13)3)11-7-5-4-6-8-11/h4-8,12H,9-10H2,1-3H3. The third kappa shape index (κ3) is 1.69. The van der Waals surface area contributed by atoms with Crippen molar-refractivity contribution in [3.8, 4) is 0 Å². The van der Waals surface area contributed by atoms with Gasteiger partial charge in [-0.2, -0.15) is 0 Å². The van der Waals surface area contributed by atoms with Crippen LogP contribution in [0.25, 0.3) is 0 Å². The Balaban J connectivity index is 2.17. The summed E-state index contributed by atoms with van der Waals surface area (Å²) in [6.07, 6.45) is 1.27. The van der Waals surface area contributed by atoms with Gasteiger partial charge in [0.15, 0.2) is 0 Å². The van der Waals surface area contributed by atoms with Crippen LogP contribution in [0.5, 0.6) is 0 Å². The third-order valence-electron chi connectivity index (χ3n) is 3.54. The smallest absolute Gasteiger partial charge is 0.0156 e. The molecule has 0 bridgehead atoms. The molecular weight excluding hydrogens is 170 g/mol. The van der Waals surface area contributed by atoms with Gasteiger partial charge in [0, 0.05) is 12.1 Å². The van der Waals surface area contributed by atoms with Crippen molar-refractivity contribution in [2.75, 3.05) is 13.6 Å². The lowest BCUT2D eigenvalue weighted by atomic mass is 9.91. The van der Waals surface area contributed by atoms with Crippen LogP contribution in [0.3, 0.4) is 0 Å². The molecule has 0 amide bonds. The Morgan fingerprint density at radius 1 is 1.21 bits per heavy atom. The SMILES string of the molecule is CN1CC(c2ccccc2)CC1(C)C. The molecule has 1 fully saturated rings. The highest BCUT2D eigenvalue weighted by Crippen LogP contribution is 2.36. The first-order valence-electron chi connectivity index (χ1n) is 5.36. The molecule has 1 heteroatoms. The van der Waals surface area contributed by atoms with Gasteiger partial charge in [0.25, 0.3) is 0 Å². The Labute approximate surface area is 86.7 Å². The summed E-state index contributed by atoms with van der Waals surface area (Å²) in [4.78, 5) is 2.46. The Hall–Kier alpha value is -0.820. The Morgan fingerprint density at radius 2 is 1.86 bits per heavy atom. The van der Waals surface area contributed by atoms with Crippen LogP contribution in [-0.2, 0) is 0 Å². The second-order valence-electron chi connectivity index (χ2n) is 5.00. The second-order valence-corrected chi connectivity index (χ2v) is 5.00. The normalized spacial score (nSPS) is 26.6. The number of likely N-dealkylation sites (N-methyl/N-ethyl adjacent to an activating group) is 1. The Morgan fingerprint density at radius 3 is 2.36 bits per heavy atom. The highest BCUT2D eigenvalue weighted by Gasteiger charge is 2.36. The fourth-order valence-electron chi connectivity index (χ4n) is 2.35. The van der Waals surface area contributed by atoms with Gasteiger partial charge in [-0.1, -0.05) is 30.3 Å². The van der Waals surface area contributed by atoms with E-state index in [1.54, 1.807) is 0 Å². The van der Waals surface area contributed by atoms with E-state index in [2.05, 4.69) is 56.1 Å². The Bertz CT molecular complexity index is 302. The topological polar surface area (TPSA) is 3.24 Å². The summed E-state index contributed by atoms with van der Waals surface area (Å²) in [7, 11) is 2.23. The van der Waals surface area contributed by atoms with Crippen molar-refractivity contribution in [1.29, 1.82) is 0 Å². The van der Waals surface area contributed by atoms with Gasteiger partial charge in [0.05, 0.1) is 0 Å².